The van der Waals surface area contributed by atoms with E-state index in [4.69, 9.17) is 5.73 Å². The van der Waals surface area contributed by atoms with E-state index in [1.54, 1.807) is 20.2 Å². The van der Waals surface area contributed by atoms with Gasteiger partial charge in [-0.1, -0.05) is 11.8 Å². The molecule has 1 amide bonds. The standard InChI is InChI=1S/C26H29N3O7/c1-28(2)9-5-6-12-7-8-16(30)18-14(12)10-13-11-15-20(29(3)4)22(32)19(25(27)35)24(34)26(15,36)23(33)17(13)21(18)31/h7-8,13,15,20,30,32-33,36H,9-11H2,1-4H3,(H2,27,35)/t13?,15?,20?,26-/m0/s1. The molecule has 0 saturated carbocycles. The molecule has 3 aliphatic carbocycles. The largest absolute Gasteiger partial charge is 0.510 e. The first-order chi connectivity index (χ1) is 16.8. The number of ketones is 2. The summed E-state index contributed by atoms with van der Waals surface area (Å²) >= 11 is 0. The Hall–Kier alpha value is -3.65. The number of likely N-dealkylation sites (N-methyl/N-ethyl adjacent to an activating group) is 1. The topological polar surface area (TPSA) is 165 Å². The number of allylic oxidation sites excluding steroid dienone is 1. The number of benzene rings is 1. The Morgan fingerprint density at radius 1 is 1.17 bits per heavy atom. The molecule has 4 rings (SSSR count). The summed E-state index contributed by atoms with van der Waals surface area (Å²) in [5.41, 5.74) is 2.68. The van der Waals surface area contributed by atoms with E-state index in [0.29, 0.717) is 17.7 Å². The molecule has 10 nitrogen and oxygen atoms in total. The minimum atomic E-state index is -2.65. The Labute approximate surface area is 208 Å². The molecule has 3 unspecified atom stereocenters. The number of hydrogen-bond acceptors (Lipinski definition) is 9. The number of Topliss-reactive ketones (excluding diaryl/α,β-unsaturated/α-hetero) is 2. The summed E-state index contributed by atoms with van der Waals surface area (Å²) in [7, 11) is 6.91. The number of nitrogens with two attached hydrogens (primary N) is 1. The van der Waals surface area contributed by atoms with E-state index >= 15 is 0 Å². The summed E-state index contributed by atoms with van der Waals surface area (Å²) < 4.78 is 0. The molecule has 0 aliphatic heterocycles. The van der Waals surface area contributed by atoms with Crippen molar-refractivity contribution in [1.29, 1.82) is 0 Å². The fourth-order valence-electron chi connectivity index (χ4n) is 5.66. The fourth-order valence-corrected chi connectivity index (χ4v) is 5.66. The molecule has 3 aliphatic rings. The average Bonchev–Trinajstić information content (AvgIpc) is 2.77. The number of aromatic hydroxyl groups is 1. The summed E-state index contributed by atoms with van der Waals surface area (Å²) in [5.74, 6) is -0.678. The Kier molecular flexibility index (Phi) is 6.21. The molecule has 0 radical (unpaired) electrons. The molecule has 190 valence electrons. The van der Waals surface area contributed by atoms with Gasteiger partial charge in [0.25, 0.3) is 5.91 Å². The van der Waals surface area contributed by atoms with Gasteiger partial charge in [0.05, 0.1) is 18.2 Å². The number of phenols is 1. The Balaban J connectivity index is 1.91. The summed E-state index contributed by atoms with van der Waals surface area (Å²) in [6.45, 7) is 0.481. The first kappa shape index (κ1) is 25.4. The van der Waals surface area contributed by atoms with E-state index in [-0.39, 0.29) is 29.7 Å². The maximum atomic E-state index is 13.6. The van der Waals surface area contributed by atoms with E-state index in [9.17, 15) is 34.8 Å². The molecule has 0 heterocycles. The third-order valence-corrected chi connectivity index (χ3v) is 7.22. The number of carbonyl (C=O) groups is 3. The number of amides is 1. The van der Waals surface area contributed by atoms with Crippen molar-refractivity contribution in [3.05, 3.63) is 51.5 Å². The van der Waals surface area contributed by atoms with Gasteiger partial charge in [-0.2, -0.15) is 0 Å². The van der Waals surface area contributed by atoms with Crippen LogP contribution in [0.2, 0.25) is 0 Å². The number of aliphatic hydroxyl groups is 3. The number of hydrogen-bond donors (Lipinski definition) is 5. The van der Waals surface area contributed by atoms with Crippen molar-refractivity contribution in [2.24, 2.45) is 17.6 Å². The highest BCUT2D eigenvalue weighted by Crippen LogP contribution is 2.52. The molecular weight excluding hydrogens is 466 g/mol. The van der Waals surface area contributed by atoms with Crippen LogP contribution < -0.4 is 5.73 Å². The predicted molar refractivity (Wildman–Crippen MR) is 129 cm³/mol. The van der Waals surface area contributed by atoms with Crippen molar-refractivity contribution in [2.45, 2.75) is 24.5 Å². The van der Waals surface area contributed by atoms with Gasteiger partial charge < -0.3 is 26.2 Å². The lowest BCUT2D eigenvalue weighted by atomic mass is 9.58. The molecule has 0 aromatic heterocycles. The second-order valence-electron chi connectivity index (χ2n) is 9.99. The molecule has 36 heavy (non-hydrogen) atoms. The maximum absolute atomic E-state index is 13.6. The monoisotopic (exact) mass is 495 g/mol. The zero-order valence-electron chi connectivity index (χ0n) is 20.5. The van der Waals surface area contributed by atoms with Crippen molar-refractivity contribution >= 4 is 17.5 Å². The van der Waals surface area contributed by atoms with Crippen molar-refractivity contribution < 1.29 is 34.8 Å². The van der Waals surface area contributed by atoms with Crippen LogP contribution in [0.3, 0.4) is 0 Å². The van der Waals surface area contributed by atoms with Crippen LogP contribution in [0.1, 0.15) is 27.9 Å². The fraction of sp³-hybridized carbons (Fsp3) is 0.423. The molecular formula is C26H29N3O7. The number of aliphatic hydroxyl groups excluding tert-OH is 2. The van der Waals surface area contributed by atoms with E-state index in [2.05, 4.69) is 11.8 Å². The van der Waals surface area contributed by atoms with Crippen molar-refractivity contribution in [3.8, 4) is 17.6 Å². The molecule has 4 atom stereocenters. The Morgan fingerprint density at radius 2 is 1.83 bits per heavy atom. The average molecular weight is 496 g/mol. The summed E-state index contributed by atoms with van der Waals surface area (Å²) in [5, 5.41) is 44.2. The van der Waals surface area contributed by atoms with Gasteiger partial charge in [0.1, 0.15) is 22.8 Å². The second-order valence-corrected chi connectivity index (χ2v) is 9.99. The number of primary amides is 1. The second kappa shape index (κ2) is 8.78. The van der Waals surface area contributed by atoms with E-state index in [1.807, 2.05) is 19.0 Å². The van der Waals surface area contributed by atoms with Crippen LogP contribution in [0, 0.1) is 23.7 Å². The van der Waals surface area contributed by atoms with Crippen LogP contribution in [0.5, 0.6) is 5.75 Å². The van der Waals surface area contributed by atoms with Crippen LogP contribution in [0.25, 0.3) is 0 Å². The van der Waals surface area contributed by atoms with Gasteiger partial charge in [-0.15, -0.1) is 0 Å². The summed E-state index contributed by atoms with van der Waals surface area (Å²) in [6.07, 6.45) is 0.237. The quantitative estimate of drug-likeness (QED) is 0.287. The third kappa shape index (κ3) is 3.59. The maximum Gasteiger partial charge on any atom is 0.255 e. The number of rotatable bonds is 3. The molecule has 0 spiro atoms. The van der Waals surface area contributed by atoms with E-state index in [0.717, 1.165) is 0 Å². The highest BCUT2D eigenvalue weighted by atomic mass is 16.3. The van der Waals surface area contributed by atoms with Gasteiger partial charge in [0, 0.05) is 17.1 Å². The van der Waals surface area contributed by atoms with Crippen molar-refractivity contribution in [3.63, 3.8) is 0 Å². The summed E-state index contributed by atoms with van der Waals surface area (Å²) in [6, 6.07) is 1.94. The van der Waals surface area contributed by atoms with Crippen molar-refractivity contribution in [2.75, 3.05) is 34.7 Å². The van der Waals surface area contributed by atoms with Gasteiger partial charge in [-0.3, -0.25) is 24.2 Å². The molecule has 10 heteroatoms. The summed E-state index contributed by atoms with van der Waals surface area (Å²) in [4.78, 5) is 42.3. The van der Waals surface area contributed by atoms with Crippen LogP contribution in [0.15, 0.2) is 34.8 Å². The number of nitrogens with zero attached hydrogens (tertiary/aromatic N) is 2. The van der Waals surface area contributed by atoms with Gasteiger partial charge in [-0.05, 0) is 64.6 Å². The highest BCUT2D eigenvalue weighted by molar-refractivity contribution is 6.24. The van der Waals surface area contributed by atoms with Gasteiger partial charge in [0.2, 0.25) is 5.78 Å². The lowest BCUT2D eigenvalue weighted by Gasteiger charge is -2.50. The van der Waals surface area contributed by atoms with Crippen LogP contribution in [0.4, 0.5) is 0 Å². The van der Waals surface area contributed by atoms with Gasteiger partial charge >= 0.3 is 0 Å². The Morgan fingerprint density at radius 3 is 2.42 bits per heavy atom. The molecule has 0 bridgehead atoms. The number of phenolic OH excluding ortho intramolecular Hbond substituents is 1. The molecule has 6 N–H and O–H groups in total. The first-order valence-electron chi connectivity index (χ1n) is 11.5. The minimum absolute atomic E-state index is 0.0337. The van der Waals surface area contributed by atoms with Crippen molar-refractivity contribution in [1.82, 2.24) is 9.80 Å². The molecule has 0 saturated heterocycles. The highest BCUT2D eigenvalue weighted by Gasteiger charge is 2.63. The SMILES string of the molecule is CN(C)CC#Cc1ccc(O)c2c1CC1CC3C(N(C)C)C(O)=C(C(N)=O)C(=O)[C@@]3(O)C(O)=C1C2=O. The van der Waals surface area contributed by atoms with Gasteiger partial charge in [0.15, 0.2) is 11.4 Å². The smallest absolute Gasteiger partial charge is 0.255 e. The lowest BCUT2D eigenvalue weighted by molar-refractivity contribution is -0.148. The van der Waals surface area contributed by atoms with E-state index in [1.165, 1.54) is 11.0 Å². The molecule has 1 aromatic rings. The number of carbonyl (C=O) groups excluding carboxylic acids is 3. The molecule has 0 fully saturated rings. The normalized spacial score (nSPS) is 27.5. The van der Waals surface area contributed by atoms with E-state index < -0.39 is 58.0 Å². The molecule has 1 aromatic carbocycles. The lowest BCUT2D eigenvalue weighted by Crippen LogP contribution is -2.63. The third-order valence-electron chi connectivity index (χ3n) is 7.22. The predicted octanol–water partition coefficient (Wildman–Crippen LogP) is 0.0337. The van der Waals surface area contributed by atoms with Gasteiger partial charge in [-0.25, -0.2) is 0 Å². The zero-order valence-corrected chi connectivity index (χ0v) is 20.5. The van der Waals surface area contributed by atoms with Crippen LogP contribution in [-0.4, -0.2) is 94.1 Å². The number of fused-ring (bicyclic) bond motifs is 3. The van der Waals surface area contributed by atoms with Crippen LogP contribution >= 0.6 is 0 Å². The first-order valence-corrected chi connectivity index (χ1v) is 11.5. The zero-order chi connectivity index (χ0) is 26.7. The Bertz CT molecular complexity index is 1310. The minimum Gasteiger partial charge on any atom is -0.510 e. The van der Waals surface area contributed by atoms with Crippen LogP contribution in [-0.2, 0) is 16.0 Å².